The summed E-state index contributed by atoms with van der Waals surface area (Å²) in [5, 5.41) is 1.88. The Hall–Kier alpha value is 1.36. The average molecular weight is 267 g/mol. The number of aromatic nitrogens is 1. The van der Waals surface area contributed by atoms with Gasteiger partial charge in [-0.1, -0.05) is 0 Å². The van der Waals surface area contributed by atoms with Crippen LogP contribution in [0.1, 0.15) is 0 Å². The summed E-state index contributed by atoms with van der Waals surface area (Å²) < 4.78 is 0.868. The van der Waals surface area contributed by atoms with Gasteiger partial charge in [-0.3, -0.25) is 11.3 Å². The maximum Gasteiger partial charge on any atom is 2.00 e. The molecule has 5 heteroatoms. The summed E-state index contributed by atoms with van der Waals surface area (Å²) in [5.74, 6) is 0. The third-order valence-electron chi connectivity index (χ3n) is 0.361. The van der Waals surface area contributed by atoms with Gasteiger partial charge in [0.15, 0.2) is 0 Å². The Bertz CT molecular complexity index is 121. The van der Waals surface area contributed by atoms with Crippen LogP contribution in [0.3, 0.4) is 0 Å². The van der Waals surface area contributed by atoms with E-state index in [1.807, 2.05) is 5.38 Å². The van der Waals surface area contributed by atoms with Crippen LogP contribution in [0, 0.1) is 5.51 Å². The van der Waals surface area contributed by atoms with E-state index in [4.69, 9.17) is 0 Å². The SMILES string of the molecule is Brc1cs[c-]n1.[Br-].[Mg+2]. The Kier molecular flexibility index (Phi) is 9.77. The quantitative estimate of drug-likeness (QED) is 0.404. The van der Waals surface area contributed by atoms with Gasteiger partial charge in [0.05, 0.1) is 0 Å². The molecule has 1 nitrogen and oxygen atoms in total. The molecule has 1 heterocycles. The molecule has 0 spiro atoms. The first-order valence-electron chi connectivity index (χ1n) is 1.36. The van der Waals surface area contributed by atoms with Crippen molar-refractivity contribution in [2.75, 3.05) is 0 Å². The molecular formula is C3HBr2MgNS. The van der Waals surface area contributed by atoms with E-state index in [-0.39, 0.29) is 40.0 Å². The molecule has 1 aromatic rings. The van der Waals surface area contributed by atoms with Crippen molar-refractivity contribution in [2.24, 2.45) is 0 Å². The normalized spacial score (nSPS) is 6.62. The van der Waals surface area contributed by atoms with Crippen LogP contribution in [0.5, 0.6) is 0 Å². The number of hydrogen-bond donors (Lipinski definition) is 0. The average Bonchev–Trinajstić information content (AvgIpc) is 1.86. The molecular weight excluding hydrogens is 266 g/mol. The van der Waals surface area contributed by atoms with Crippen LogP contribution in [-0.4, -0.2) is 28.0 Å². The second-order valence-electron chi connectivity index (χ2n) is 0.762. The van der Waals surface area contributed by atoms with Crippen LogP contribution in [0.25, 0.3) is 0 Å². The first-order chi connectivity index (χ1) is 2.89. The minimum absolute atomic E-state index is 0. The third-order valence-corrected chi connectivity index (χ3v) is 1.61. The Morgan fingerprint density at radius 2 is 2.38 bits per heavy atom. The molecule has 0 unspecified atom stereocenters. The fourth-order valence-electron chi connectivity index (χ4n) is 0.171. The Morgan fingerprint density at radius 1 is 1.75 bits per heavy atom. The van der Waals surface area contributed by atoms with E-state index in [1.54, 1.807) is 0 Å². The zero-order valence-electron chi connectivity index (χ0n) is 3.90. The van der Waals surface area contributed by atoms with Crippen molar-refractivity contribution < 1.29 is 17.0 Å². The monoisotopic (exact) mass is 265 g/mol. The van der Waals surface area contributed by atoms with Gasteiger partial charge in [-0.05, 0) is 10.1 Å². The van der Waals surface area contributed by atoms with Crippen molar-refractivity contribution in [3.63, 3.8) is 0 Å². The molecule has 40 valence electrons. The molecule has 0 amide bonds. The van der Waals surface area contributed by atoms with Gasteiger partial charge in [0.25, 0.3) is 0 Å². The maximum atomic E-state index is 3.73. The first kappa shape index (κ1) is 12.1. The Morgan fingerprint density at radius 3 is 2.50 bits per heavy atom. The van der Waals surface area contributed by atoms with E-state index in [2.05, 4.69) is 26.4 Å². The molecule has 0 saturated heterocycles. The Labute approximate surface area is 86.9 Å². The van der Waals surface area contributed by atoms with Gasteiger partial charge in [-0.2, -0.15) is 0 Å². The van der Waals surface area contributed by atoms with Gasteiger partial charge in [0.1, 0.15) is 0 Å². The third kappa shape index (κ3) is 4.26. The van der Waals surface area contributed by atoms with Gasteiger partial charge >= 0.3 is 23.1 Å². The van der Waals surface area contributed by atoms with E-state index in [0.29, 0.717) is 0 Å². The minimum atomic E-state index is 0. The van der Waals surface area contributed by atoms with Gasteiger partial charge in [0.2, 0.25) is 0 Å². The van der Waals surface area contributed by atoms with E-state index < -0.39 is 0 Å². The Balaban J connectivity index is 0. The van der Waals surface area contributed by atoms with Gasteiger partial charge in [-0.25, -0.2) is 0 Å². The van der Waals surface area contributed by atoms with Gasteiger partial charge in [0, 0.05) is 0 Å². The molecule has 0 aliphatic carbocycles. The zero-order chi connectivity index (χ0) is 4.41. The maximum absolute atomic E-state index is 3.73. The zero-order valence-corrected chi connectivity index (χ0v) is 9.30. The number of nitrogens with zero attached hydrogens (tertiary/aromatic N) is 1. The van der Waals surface area contributed by atoms with E-state index in [1.165, 1.54) is 11.3 Å². The molecule has 0 bridgehead atoms. The van der Waals surface area contributed by atoms with Crippen molar-refractivity contribution in [1.82, 2.24) is 4.98 Å². The van der Waals surface area contributed by atoms with Crippen molar-refractivity contribution in [3.05, 3.63) is 15.5 Å². The fourth-order valence-corrected chi connectivity index (χ4v) is 1.01. The number of halogens is 2. The van der Waals surface area contributed by atoms with Crippen LogP contribution in [0.15, 0.2) is 9.98 Å². The van der Waals surface area contributed by atoms with Crippen molar-refractivity contribution in [1.29, 1.82) is 0 Å². The van der Waals surface area contributed by atoms with E-state index >= 15 is 0 Å². The minimum Gasteiger partial charge on any atom is -1.00 e. The largest absolute Gasteiger partial charge is 2.00 e. The molecule has 0 radical (unpaired) electrons. The van der Waals surface area contributed by atoms with Crippen LogP contribution in [-0.2, 0) is 0 Å². The van der Waals surface area contributed by atoms with Crippen LogP contribution < -0.4 is 17.0 Å². The smallest absolute Gasteiger partial charge is 1.00 e. The molecule has 0 atom stereocenters. The predicted octanol–water partition coefficient (Wildman–Crippen LogP) is -1.67. The number of hydrogen-bond acceptors (Lipinski definition) is 2. The second-order valence-corrected chi connectivity index (χ2v) is 2.23. The topological polar surface area (TPSA) is 12.9 Å². The summed E-state index contributed by atoms with van der Waals surface area (Å²) in [5.41, 5.74) is 2.67. The molecule has 1 rings (SSSR count). The molecule has 0 saturated carbocycles. The molecule has 0 N–H and O–H groups in total. The summed E-state index contributed by atoms with van der Waals surface area (Å²) in [7, 11) is 0. The molecule has 0 fully saturated rings. The summed E-state index contributed by atoms with van der Waals surface area (Å²) in [6.45, 7) is 0. The molecule has 1 aromatic heterocycles. The predicted molar refractivity (Wildman–Crippen MR) is 34.4 cm³/mol. The molecule has 0 aliphatic rings. The number of rotatable bonds is 0. The summed E-state index contributed by atoms with van der Waals surface area (Å²) in [4.78, 5) is 3.73. The number of thiazole rings is 1. The fraction of sp³-hybridized carbons (Fsp3) is 0. The summed E-state index contributed by atoms with van der Waals surface area (Å²) in [6, 6.07) is 0. The van der Waals surface area contributed by atoms with E-state index in [9.17, 15) is 0 Å². The van der Waals surface area contributed by atoms with Crippen LogP contribution in [0.2, 0.25) is 0 Å². The molecule has 8 heavy (non-hydrogen) atoms. The first-order valence-corrected chi connectivity index (χ1v) is 3.04. The van der Waals surface area contributed by atoms with E-state index in [0.717, 1.165) is 4.60 Å². The molecule has 0 aromatic carbocycles. The molecule has 0 aliphatic heterocycles. The van der Waals surface area contributed by atoms with Gasteiger partial charge < -0.3 is 22.0 Å². The summed E-state index contributed by atoms with van der Waals surface area (Å²) in [6.07, 6.45) is 0. The second kappa shape index (κ2) is 6.48. The van der Waals surface area contributed by atoms with Crippen LogP contribution in [0.4, 0.5) is 0 Å². The standard InChI is InChI=1S/C3HBrNS.BrH.Mg/c4-3-1-6-2-5-3;;/h1H;1H;/q-1;;+2/p-1. The van der Waals surface area contributed by atoms with Crippen molar-refractivity contribution in [2.45, 2.75) is 0 Å². The van der Waals surface area contributed by atoms with Crippen molar-refractivity contribution >= 4 is 50.3 Å². The summed E-state index contributed by atoms with van der Waals surface area (Å²) >= 11 is 4.61. The van der Waals surface area contributed by atoms with Gasteiger partial charge in [-0.15, -0.1) is 21.3 Å². The van der Waals surface area contributed by atoms with Crippen molar-refractivity contribution in [3.8, 4) is 0 Å². The van der Waals surface area contributed by atoms with Crippen LogP contribution >= 0.6 is 27.3 Å².